The minimum absolute atomic E-state index is 0.113. The van der Waals surface area contributed by atoms with Crippen LogP contribution in [0.4, 0.5) is 0 Å². The first kappa shape index (κ1) is 6.81. The van der Waals surface area contributed by atoms with Gasteiger partial charge in [-0.05, 0) is 19.1 Å². The summed E-state index contributed by atoms with van der Waals surface area (Å²) in [6.45, 7) is 1.54. The van der Waals surface area contributed by atoms with E-state index in [4.69, 9.17) is 10.5 Å². The molecule has 0 heterocycles. The Balaban J connectivity index is 3.15. The van der Waals surface area contributed by atoms with Crippen molar-refractivity contribution < 1.29 is 5.11 Å². The van der Waals surface area contributed by atoms with Gasteiger partial charge in [0.15, 0.2) is 0 Å². The van der Waals surface area contributed by atoms with Crippen LogP contribution < -0.4 is 5.41 Å². The van der Waals surface area contributed by atoms with Gasteiger partial charge < -0.3 is 5.11 Å². The number of rotatable bonds is 1. The van der Waals surface area contributed by atoms with Crippen LogP contribution in [0, 0.1) is 0 Å². The number of benzene rings is 1. The van der Waals surface area contributed by atoms with Crippen molar-refractivity contribution >= 4 is 5.71 Å². The average Bonchev–Trinajstić information content (AvgIpc) is 1.88. The van der Waals surface area contributed by atoms with Gasteiger partial charge in [0.05, 0.1) is 5.71 Å². The van der Waals surface area contributed by atoms with Crippen LogP contribution in [0.15, 0.2) is 24.3 Å². The molecule has 51 valence electrons. The maximum absolute atomic E-state index is 9.10. The zero-order chi connectivity index (χ0) is 7.56. The molecule has 2 heteroatoms. The fraction of sp³-hybridized carbons (Fsp3) is 0.125. The minimum Gasteiger partial charge on any atom is -0.507 e. The minimum atomic E-state index is 0.113. The Morgan fingerprint density at radius 2 is 2.00 bits per heavy atom. The number of nitrogens with zero attached hydrogens (tertiary/aromatic N) is 1. The number of phenolic OH excluding ortho intramolecular Hbond substituents is 1. The SMILES string of the molecule is CC(=[N])c1ccccc1O. The maximum atomic E-state index is 9.10. The summed E-state index contributed by atoms with van der Waals surface area (Å²) < 4.78 is 0. The third-order valence-electron chi connectivity index (χ3n) is 1.29. The zero-order valence-electron chi connectivity index (χ0n) is 5.70. The topological polar surface area (TPSA) is 42.5 Å². The van der Waals surface area contributed by atoms with Gasteiger partial charge in [0.1, 0.15) is 5.75 Å². The predicted octanol–water partition coefficient (Wildman–Crippen LogP) is 1.00. The van der Waals surface area contributed by atoms with Crippen LogP contribution in [-0.4, -0.2) is 10.8 Å². The van der Waals surface area contributed by atoms with Gasteiger partial charge in [0, 0.05) is 5.56 Å². The molecule has 1 aromatic rings. The summed E-state index contributed by atoms with van der Waals surface area (Å²) in [6.07, 6.45) is 0. The first-order chi connectivity index (χ1) is 4.72. The van der Waals surface area contributed by atoms with Gasteiger partial charge >= 0.3 is 0 Å². The summed E-state index contributed by atoms with van der Waals surface area (Å²) in [4.78, 5) is 0. The molecule has 0 fully saturated rings. The van der Waals surface area contributed by atoms with Gasteiger partial charge in [-0.2, -0.15) is 5.41 Å². The van der Waals surface area contributed by atoms with E-state index in [0.29, 0.717) is 5.56 Å². The highest BCUT2D eigenvalue weighted by Gasteiger charge is 1.99. The highest BCUT2D eigenvalue weighted by molar-refractivity contribution is 5.99. The highest BCUT2D eigenvalue weighted by Crippen LogP contribution is 2.14. The molecule has 1 aromatic carbocycles. The fourth-order valence-electron chi connectivity index (χ4n) is 0.780. The summed E-state index contributed by atoms with van der Waals surface area (Å²) >= 11 is 0. The first-order valence-corrected chi connectivity index (χ1v) is 3.02. The molecule has 0 unspecified atom stereocenters. The van der Waals surface area contributed by atoms with Crippen molar-refractivity contribution in [3.05, 3.63) is 29.8 Å². The van der Waals surface area contributed by atoms with E-state index < -0.39 is 0 Å². The van der Waals surface area contributed by atoms with Crippen molar-refractivity contribution in [2.75, 3.05) is 0 Å². The maximum Gasteiger partial charge on any atom is 0.124 e. The number of hydrogen-bond donors (Lipinski definition) is 1. The summed E-state index contributed by atoms with van der Waals surface area (Å²) in [5, 5.41) is 18.1. The molecule has 10 heavy (non-hydrogen) atoms. The van der Waals surface area contributed by atoms with Crippen LogP contribution in [0.1, 0.15) is 12.5 Å². The molecule has 0 bridgehead atoms. The van der Waals surface area contributed by atoms with Crippen LogP contribution in [0.25, 0.3) is 0 Å². The molecule has 0 aliphatic heterocycles. The van der Waals surface area contributed by atoms with E-state index in [1.165, 1.54) is 13.0 Å². The summed E-state index contributed by atoms with van der Waals surface area (Å²) in [5.74, 6) is 0.113. The van der Waals surface area contributed by atoms with Crippen molar-refractivity contribution in [1.82, 2.24) is 5.41 Å². The molecule has 0 atom stereocenters. The van der Waals surface area contributed by atoms with E-state index in [9.17, 15) is 0 Å². The lowest BCUT2D eigenvalue weighted by molar-refractivity contribution is 0.474. The van der Waals surface area contributed by atoms with E-state index in [-0.39, 0.29) is 11.5 Å². The second kappa shape index (κ2) is 2.52. The van der Waals surface area contributed by atoms with E-state index in [2.05, 4.69) is 0 Å². The van der Waals surface area contributed by atoms with Gasteiger partial charge in [-0.15, -0.1) is 0 Å². The molecule has 1 N–H and O–H groups in total. The summed E-state index contributed by atoms with van der Waals surface area (Å²) in [7, 11) is 0. The van der Waals surface area contributed by atoms with Crippen molar-refractivity contribution in [3.63, 3.8) is 0 Å². The second-order valence-electron chi connectivity index (χ2n) is 2.10. The standard InChI is InChI=1S/C8H8NO/c1-6(9)7-4-2-3-5-8(7)10/h2-5,10H,1H3. The highest BCUT2D eigenvalue weighted by atomic mass is 16.3. The normalized spacial score (nSPS) is 9.30. The quantitative estimate of drug-likeness (QED) is 0.572. The van der Waals surface area contributed by atoms with E-state index >= 15 is 0 Å². The Morgan fingerprint density at radius 3 is 2.40 bits per heavy atom. The van der Waals surface area contributed by atoms with Crippen LogP contribution in [-0.2, 0) is 0 Å². The van der Waals surface area contributed by atoms with Crippen molar-refractivity contribution in [2.24, 2.45) is 0 Å². The van der Waals surface area contributed by atoms with E-state index in [0.717, 1.165) is 0 Å². The van der Waals surface area contributed by atoms with Gasteiger partial charge in [-0.3, -0.25) is 0 Å². The fourth-order valence-corrected chi connectivity index (χ4v) is 0.780. The Kier molecular flexibility index (Phi) is 1.71. The zero-order valence-corrected chi connectivity index (χ0v) is 5.70. The van der Waals surface area contributed by atoms with Crippen LogP contribution >= 0.6 is 0 Å². The van der Waals surface area contributed by atoms with Crippen molar-refractivity contribution in [1.29, 1.82) is 0 Å². The monoisotopic (exact) mass is 134 g/mol. The van der Waals surface area contributed by atoms with Gasteiger partial charge in [0.2, 0.25) is 0 Å². The average molecular weight is 134 g/mol. The largest absolute Gasteiger partial charge is 0.507 e. The van der Waals surface area contributed by atoms with Crippen LogP contribution in [0.5, 0.6) is 5.75 Å². The smallest absolute Gasteiger partial charge is 0.124 e. The molecule has 1 radical (unpaired) electrons. The lowest BCUT2D eigenvalue weighted by atomic mass is 10.1. The lowest BCUT2D eigenvalue weighted by Crippen LogP contribution is -1.94. The molecule has 0 aliphatic carbocycles. The molecular formula is C8H8NO. The Hall–Kier alpha value is -1.31. The van der Waals surface area contributed by atoms with Gasteiger partial charge in [-0.25, -0.2) is 0 Å². The second-order valence-corrected chi connectivity index (χ2v) is 2.10. The van der Waals surface area contributed by atoms with Crippen LogP contribution in [0.2, 0.25) is 0 Å². The van der Waals surface area contributed by atoms with Gasteiger partial charge in [-0.1, -0.05) is 12.1 Å². The Morgan fingerprint density at radius 1 is 1.40 bits per heavy atom. The number of para-hydroxylation sites is 1. The first-order valence-electron chi connectivity index (χ1n) is 3.02. The summed E-state index contributed by atoms with van der Waals surface area (Å²) in [6, 6.07) is 6.66. The number of aromatic hydroxyl groups is 1. The Labute approximate surface area is 59.6 Å². The predicted molar refractivity (Wildman–Crippen MR) is 40.0 cm³/mol. The van der Waals surface area contributed by atoms with E-state index in [1.54, 1.807) is 18.2 Å². The van der Waals surface area contributed by atoms with Gasteiger partial charge in [0.25, 0.3) is 0 Å². The molecule has 2 nitrogen and oxygen atoms in total. The molecule has 0 amide bonds. The molecule has 0 aliphatic rings. The molecule has 0 aromatic heterocycles. The number of phenols is 1. The third-order valence-corrected chi connectivity index (χ3v) is 1.29. The van der Waals surface area contributed by atoms with E-state index in [1.807, 2.05) is 0 Å². The molecule has 0 saturated carbocycles. The molecule has 1 rings (SSSR count). The number of hydrogen-bond acceptors (Lipinski definition) is 1. The lowest BCUT2D eigenvalue weighted by Gasteiger charge is -1.98. The third kappa shape index (κ3) is 1.16. The van der Waals surface area contributed by atoms with Crippen LogP contribution in [0.3, 0.4) is 0 Å². The summed E-state index contributed by atoms with van der Waals surface area (Å²) in [5.41, 5.74) is 0.626. The molecule has 0 spiro atoms. The molecule has 0 saturated heterocycles. The Bertz CT molecular complexity index is 255. The van der Waals surface area contributed by atoms with Crippen molar-refractivity contribution in [2.45, 2.75) is 6.92 Å². The van der Waals surface area contributed by atoms with Crippen molar-refractivity contribution in [3.8, 4) is 5.75 Å². The molecular weight excluding hydrogens is 126 g/mol.